The zero-order chi connectivity index (χ0) is 21.6. The monoisotopic (exact) mass is 413 g/mol. The van der Waals surface area contributed by atoms with Crippen molar-refractivity contribution in [1.29, 1.82) is 10.5 Å². The van der Waals surface area contributed by atoms with E-state index in [1.165, 1.54) is 10.0 Å². The van der Waals surface area contributed by atoms with E-state index in [4.69, 9.17) is 17.3 Å². The molecule has 3 amide bonds. The summed E-state index contributed by atoms with van der Waals surface area (Å²) in [6.45, 7) is 1.74. The summed E-state index contributed by atoms with van der Waals surface area (Å²) in [5.74, 6) is -1.43. The zero-order valence-corrected chi connectivity index (χ0v) is 16.9. The highest BCUT2D eigenvalue weighted by Crippen LogP contribution is 2.61. The fourth-order valence-electron chi connectivity index (χ4n) is 4.49. The molecule has 2 aliphatic rings. The van der Waals surface area contributed by atoms with Crippen LogP contribution in [0.15, 0.2) is 29.3 Å². The lowest BCUT2D eigenvalue weighted by molar-refractivity contribution is -0.129. The number of nitrogens with one attached hydrogen (secondary N) is 1. The number of anilines is 1. The molecule has 1 aromatic carbocycles. The number of amidine groups is 1. The molecule has 0 unspecified atom stereocenters. The van der Waals surface area contributed by atoms with Gasteiger partial charge in [-0.1, -0.05) is 24.6 Å². The highest BCUT2D eigenvalue weighted by atomic mass is 35.5. The molecule has 4 atom stereocenters. The van der Waals surface area contributed by atoms with Crippen LogP contribution in [0.25, 0.3) is 0 Å². The number of hydrogen-bond acceptors (Lipinski definition) is 6. The van der Waals surface area contributed by atoms with E-state index in [0.717, 1.165) is 0 Å². The Morgan fingerprint density at radius 1 is 1.34 bits per heavy atom. The van der Waals surface area contributed by atoms with E-state index in [2.05, 4.69) is 16.4 Å². The lowest BCUT2D eigenvalue weighted by Crippen LogP contribution is -2.60. The van der Waals surface area contributed by atoms with Gasteiger partial charge in [0.2, 0.25) is 0 Å². The Bertz CT molecular complexity index is 995. The number of rotatable bonds is 3. The molecule has 150 valence electrons. The maximum Gasteiger partial charge on any atom is 0.336 e. The van der Waals surface area contributed by atoms with Crippen LogP contribution >= 0.6 is 11.6 Å². The Balaban J connectivity index is 2.07. The molecule has 0 radical (unpaired) electrons. The van der Waals surface area contributed by atoms with Crippen molar-refractivity contribution in [2.45, 2.75) is 19.4 Å². The van der Waals surface area contributed by atoms with Crippen LogP contribution in [0, 0.1) is 39.4 Å². The van der Waals surface area contributed by atoms with Gasteiger partial charge >= 0.3 is 6.03 Å². The Labute approximate surface area is 173 Å². The lowest BCUT2D eigenvalue weighted by Gasteiger charge is -2.40. The molecular formula is C19H20ClN7O2. The first-order valence-electron chi connectivity index (χ1n) is 8.90. The minimum absolute atomic E-state index is 0.171. The number of hydrogen-bond donors (Lipinski definition) is 2. The van der Waals surface area contributed by atoms with E-state index in [-0.39, 0.29) is 12.3 Å². The number of hydrazine groups is 1. The van der Waals surface area contributed by atoms with E-state index >= 15 is 0 Å². The number of halogens is 1. The van der Waals surface area contributed by atoms with Crippen molar-refractivity contribution in [2.24, 2.45) is 27.5 Å². The molecule has 0 spiro atoms. The Morgan fingerprint density at radius 3 is 2.55 bits per heavy atom. The van der Waals surface area contributed by atoms with Crippen molar-refractivity contribution >= 4 is 35.1 Å². The first-order chi connectivity index (χ1) is 13.6. The highest BCUT2D eigenvalue weighted by Gasteiger charge is 2.76. The lowest BCUT2D eigenvalue weighted by atomic mass is 9.63. The first kappa shape index (κ1) is 20.6. The van der Waals surface area contributed by atoms with Gasteiger partial charge in [0, 0.05) is 24.8 Å². The van der Waals surface area contributed by atoms with E-state index in [1.807, 2.05) is 6.07 Å². The van der Waals surface area contributed by atoms with Crippen molar-refractivity contribution in [1.82, 2.24) is 10.0 Å². The predicted octanol–water partition coefficient (Wildman–Crippen LogP) is 1.98. The Hall–Kier alpha value is -3.14. The minimum Gasteiger partial charge on any atom is -0.386 e. The predicted molar refractivity (Wildman–Crippen MR) is 106 cm³/mol. The fourth-order valence-corrected chi connectivity index (χ4v) is 4.68. The topological polar surface area (TPSA) is 139 Å². The molecule has 1 heterocycles. The second-order valence-electron chi connectivity index (χ2n) is 7.43. The number of urea groups is 1. The van der Waals surface area contributed by atoms with Crippen LogP contribution < -0.4 is 11.1 Å². The summed E-state index contributed by atoms with van der Waals surface area (Å²) in [6.07, 6.45) is 0.226. The van der Waals surface area contributed by atoms with E-state index in [1.54, 1.807) is 45.3 Å². The van der Waals surface area contributed by atoms with Gasteiger partial charge in [-0.2, -0.15) is 15.5 Å². The van der Waals surface area contributed by atoms with Gasteiger partial charge in [0.1, 0.15) is 11.3 Å². The van der Waals surface area contributed by atoms with E-state index in [0.29, 0.717) is 10.7 Å². The van der Waals surface area contributed by atoms with Crippen LogP contribution in [0.2, 0.25) is 5.02 Å². The van der Waals surface area contributed by atoms with Gasteiger partial charge in [0.15, 0.2) is 5.41 Å². The summed E-state index contributed by atoms with van der Waals surface area (Å²) in [4.78, 5) is 29.8. The van der Waals surface area contributed by atoms with Crippen LogP contribution in [0.4, 0.5) is 10.5 Å². The molecule has 1 fully saturated rings. The van der Waals surface area contributed by atoms with Crippen LogP contribution in [0.3, 0.4) is 0 Å². The van der Waals surface area contributed by atoms with Crippen LogP contribution in [0.1, 0.15) is 13.3 Å². The molecular weight excluding hydrogens is 394 g/mol. The van der Waals surface area contributed by atoms with Crippen molar-refractivity contribution in [3.05, 3.63) is 29.3 Å². The Morgan fingerprint density at radius 2 is 2.00 bits per heavy atom. The van der Waals surface area contributed by atoms with E-state index < -0.39 is 34.7 Å². The van der Waals surface area contributed by atoms with Crippen molar-refractivity contribution < 1.29 is 9.59 Å². The van der Waals surface area contributed by atoms with Crippen LogP contribution in [-0.2, 0) is 4.79 Å². The van der Waals surface area contributed by atoms with E-state index in [9.17, 15) is 20.1 Å². The quantitative estimate of drug-likeness (QED) is 0.726. The molecule has 0 saturated heterocycles. The number of benzene rings is 1. The standard InChI is InChI=1S/C19H20ClN7O2/c1-11-7-14(19(10-22)16(28)25-15(23)18(11,19)9-21)27(26(2)3)17(29)24-13-6-4-5-12(20)8-13/h4-6,8,11,14H,7H2,1-3H3,(H,24,29)(H2,23,25,28)/t11-,14+,18-,19+/m1/s1. The summed E-state index contributed by atoms with van der Waals surface area (Å²) >= 11 is 5.98. The SMILES string of the molecule is C[C@@H]1C[C@H](N(C(=O)Nc2cccc(Cl)c2)N(C)C)[C@@]2(C#N)C(=O)N=C(N)[C@@]12C#N. The second-order valence-corrected chi connectivity index (χ2v) is 7.86. The highest BCUT2D eigenvalue weighted by molar-refractivity contribution is 6.30. The maximum atomic E-state index is 13.1. The van der Waals surface area contributed by atoms with Gasteiger partial charge in [0.25, 0.3) is 5.91 Å². The molecule has 29 heavy (non-hydrogen) atoms. The van der Waals surface area contributed by atoms with Gasteiger partial charge < -0.3 is 11.1 Å². The number of amides is 3. The van der Waals surface area contributed by atoms with Crippen LogP contribution in [0.5, 0.6) is 0 Å². The molecule has 1 aliphatic heterocycles. The third-order valence-corrected chi connectivity index (χ3v) is 6.00. The van der Waals surface area contributed by atoms with Gasteiger partial charge in [-0.15, -0.1) is 0 Å². The van der Waals surface area contributed by atoms with Crippen molar-refractivity contribution in [2.75, 3.05) is 19.4 Å². The van der Waals surface area contributed by atoms with Crippen LogP contribution in [-0.4, -0.2) is 47.9 Å². The number of aliphatic imine (C=N–C) groups is 1. The largest absolute Gasteiger partial charge is 0.386 e. The number of nitrogens with zero attached hydrogens (tertiary/aromatic N) is 5. The molecule has 1 aliphatic carbocycles. The molecule has 0 bridgehead atoms. The number of nitriles is 2. The molecule has 9 nitrogen and oxygen atoms in total. The van der Waals surface area contributed by atoms with Gasteiger partial charge in [0.05, 0.1) is 18.2 Å². The second kappa shape index (κ2) is 7.03. The molecule has 3 N–H and O–H groups in total. The third-order valence-electron chi connectivity index (χ3n) is 5.76. The maximum absolute atomic E-state index is 13.1. The van der Waals surface area contributed by atoms with Gasteiger partial charge in [-0.3, -0.25) is 9.80 Å². The summed E-state index contributed by atoms with van der Waals surface area (Å²) in [5.41, 5.74) is 2.94. The first-order valence-corrected chi connectivity index (χ1v) is 9.28. The summed E-state index contributed by atoms with van der Waals surface area (Å²) in [7, 11) is 3.23. The van der Waals surface area contributed by atoms with Gasteiger partial charge in [-0.25, -0.2) is 9.80 Å². The molecule has 1 aromatic rings. The average Bonchev–Trinajstić information content (AvgIpc) is 3.03. The number of fused-ring (bicyclic) bond motifs is 1. The molecule has 0 aromatic heterocycles. The molecule has 1 saturated carbocycles. The summed E-state index contributed by atoms with van der Waals surface area (Å²) < 4.78 is 0. The smallest absolute Gasteiger partial charge is 0.336 e. The average molecular weight is 414 g/mol. The van der Waals surface area contributed by atoms with Crippen molar-refractivity contribution in [3.63, 3.8) is 0 Å². The number of carbonyl (C=O) groups excluding carboxylic acids is 2. The van der Waals surface area contributed by atoms with Crippen molar-refractivity contribution in [3.8, 4) is 12.1 Å². The normalized spacial score (nSPS) is 30.3. The summed E-state index contributed by atoms with van der Waals surface area (Å²) in [6, 6.07) is 9.19. The summed E-state index contributed by atoms with van der Waals surface area (Å²) in [5, 5.41) is 26.0. The number of nitrogens with two attached hydrogens (primary N) is 1. The Kier molecular flexibility index (Phi) is 4.99. The zero-order valence-electron chi connectivity index (χ0n) is 16.2. The minimum atomic E-state index is -1.89. The fraction of sp³-hybridized carbons (Fsp3) is 0.421. The molecule has 3 rings (SSSR count). The molecule has 10 heteroatoms. The number of carbonyl (C=O) groups is 2. The third kappa shape index (κ3) is 2.66. The van der Waals surface area contributed by atoms with Gasteiger partial charge in [-0.05, 0) is 30.5 Å².